The Labute approximate surface area is 184 Å². The Hall–Kier alpha value is -2.25. The molecule has 7 heteroatoms. The van der Waals surface area contributed by atoms with Crippen molar-refractivity contribution in [3.05, 3.63) is 46.9 Å². The van der Waals surface area contributed by atoms with Gasteiger partial charge in [0.1, 0.15) is 10.6 Å². The molecule has 0 amide bonds. The largest absolute Gasteiger partial charge is 0.365 e. The van der Waals surface area contributed by atoms with Gasteiger partial charge in [-0.05, 0) is 60.6 Å². The predicted octanol–water partition coefficient (Wildman–Crippen LogP) is 5.66. The van der Waals surface area contributed by atoms with Crippen LogP contribution in [0.2, 0.25) is 0 Å². The van der Waals surface area contributed by atoms with Crippen LogP contribution in [0.4, 0.5) is 5.82 Å². The van der Waals surface area contributed by atoms with Gasteiger partial charge in [-0.2, -0.15) is 0 Å². The molecule has 0 saturated carbocycles. The van der Waals surface area contributed by atoms with Gasteiger partial charge in [0.2, 0.25) is 0 Å². The van der Waals surface area contributed by atoms with Crippen molar-refractivity contribution in [3.63, 3.8) is 0 Å². The molecular formula is C23H25N5S2. The van der Waals surface area contributed by atoms with Crippen LogP contribution >= 0.6 is 23.1 Å². The Morgan fingerprint density at radius 3 is 2.80 bits per heavy atom. The maximum atomic E-state index is 5.15. The van der Waals surface area contributed by atoms with Crippen molar-refractivity contribution in [1.29, 1.82) is 0 Å². The smallest absolute Gasteiger partial charge is 0.189 e. The minimum absolute atomic E-state index is 0.605. The molecule has 0 fully saturated rings. The van der Waals surface area contributed by atoms with E-state index in [-0.39, 0.29) is 0 Å². The molecule has 30 heavy (non-hydrogen) atoms. The fourth-order valence-corrected chi connectivity index (χ4v) is 5.77. The van der Waals surface area contributed by atoms with E-state index in [1.807, 2.05) is 18.5 Å². The van der Waals surface area contributed by atoms with Gasteiger partial charge in [-0.3, -0.25) is 4.98 Å². The lowest BCUT2D eigenvalue weighted by Gasteiger charge is -2.11. The first-order valence-corrected chi connectivity index (χ1v) is 12.5. The number of thioether (sulfide) groups is 1. The Balaban J connectivity index is 1.67. The summed E-state index contributed by atoms with van der Waals surface area (Å²) < 4.78 is 1.11. The van der Waals surface area contributed by atoms with Crippen molar-refractivity contribution in [2.24, 2.45) is 5.92 Å². The van der Waals surface area contributed by atoms with Crippen molar-refractivity contribution >= 4 is 49.3 Å². The van der Waals surface area contributed by atoms with Crippen LogP contribution in [0.25, 0.3) is 20.4 Å². The zero-order valence-corrected chi connectivity index (χ0v) is 19.2. The Morgan fingerprint density at radius 1 is 1.17 bits per heavy atom. The number of aromatic nitrogens is 4. The van der Waals surface area contributed by atoms with Crippen LogP contribution in [-0.2, 0) is 25.8 Å². The molecule has 0 radical (unpaired) electrons. The molecular weight excluding hydrogens is 410 g/mol. The van der Waals surface area contributed by atoms with Gasteiger partial charge in [-0.1, -0.05) is 31.7 Å². The summed E-state index contributed by atoms with van der Waals surface area (Å²) in [6.45, 7) is 5.23. The molecule has 0 spiro atoms. The van der Waals surface area contributed by atoms with E-state index in [0.29, 0.717) is 12.5 Å². The normalized spacial score (nSPS) is 13.5. The third kappa shape index (κ3) is 3.54. The quantitative estimate of drug-likeness (QED) is 0.312. The fourth-order valence-electron chi connectivity index (χ4n) is 4.28. The zero-order valence-electron chi connectivity index (χ0n) is 17.5. The highest BCUT2D eigenvalue weighted by Gasteiger charge is 2.25. The number of pyridine rings is 2. The molecule has 4 aromatic heterocycles. The number of anilines is 1. The van der Waals surface area contributed by atoms with Crippen molar-refractivity contribution < 1.29 is 0 Å². The lowest BCUT2D eigenvalue weighted by molar-refractivity contribution is 0.632. The number of fused-ring (bicyclic) bond motifs is 5. The summed E-state index contributed by atoms with van der Waals surface area (Å²) in [6.07, 6.45) is 10.2. The maximum Gasteiger partial charge on any atom is 0.189 e. The standard InChI is InChI=1S/C23H25N5S2/c1-13(2)10-17-15-7-4-8-16(15)18-19-20(30-22(18)26-17)21(28-23(27-19)29-3)25-12-14-6-5-9-24-11-14/h5-6,9,11,13H,4,7-8,10,12H2,1-3H3,(H,25,27,28). The highest BCUT2D eigenvalue weighted by Crippen LogP contribution is 2.42. The van der Waals surface area contributed by atoms with E-state index < -0.39 is 0 Å². The number of nitrogens with zero attached hydrogens (tertiary/aromatic N) is 4. The predicted molar refractivity (Wildman–Crippen MR) is 127 cm³/mol. The van der Waals surface area contributed by atoms with E-state index in [1.54, 1.807) is 29.3 Å². The van der Waals surface area contributed by atoms with Gasteiger partial charge in [0.15, 0.2) is 5.16 Å². The van der Waals surface area contributed by atoms with Crippen molar-refractivity contribution in [2.45, 2.75) is 51.2 Å². The van der Waals surface area contributed by atoms with Crippen LogP contribution in [0.3, 0.4) is 0 Å². The first kappa shape index (κ1) is 19.7. The molecule has 0 saturated heterocycles. The summed E-state index contributed by atoms with van der Waals surface area (Å²) in [4.78, 5) is 20.2. The third-order valence-corrected chi connectivity index (χ3v) is 7.19. The number of hydrogen-bond donors (Lipinski definition) is 1. The van der Waals surface area contributed by atoms with Crippen LogP contribution in [0, 0.1) is 5.92 Å². The SMILES string of the molecule is CSc1nc(NCc2cccnc2)c2sc3nc(CC(C)C)c4c(c3c2n1)CCC4. The molecule has 4 heterocycles. The summed E-state index contributed by atoms with van der Waals surface area (Å²) in [6, 6.07) is 4.04. The van der Waals surface area contributed by atoms with Crippen LogP contribution in [-0.4, -0.2) is 26.2 Å². The van der Waals surface area contributed by atoms with Crippen LogP contribution in [0.1, 0.15) is 42.7 Å². The molecule has 5 rings (SSSR count). The number of rotatable bonds is 6. The van der Waals surface area contributed by atoms with Gasteiger partial charge in [0.05, 0.1) is 10.2 Å². The van der Waals surface area contributed by atoms with Gasteiger partial charge in [-0.15, -0.1) is 11.3 Å². The number of aryl methyl sites for hydroxylation is 1. The van der Waals surface area contributed by atoms with Gasteiger partial charge >= 0.3 is 0 Å². The molecule has 1 aliphatic carbocycles. The number of hydrogen-bond acceptors (Lipinski definition) is 7. The van der Waals surface area contributed by atoms with E-state index in [0.717, 1.165) is 50.8 Å². The maximum absolute atomic E-state index is 5.15. The minimum atomic E-state index is 0.605. The zero-order chi connectivity index (χ0) is 20.7. The van der Waals surface area contributed by atoms with Crippen LogP contribution < -0.4 is 5.32 Å². The van der Waals surface area contributed by atoms with E-state index in [9.17, 15) is 0 Å². The van der Waals surface area contributed by atoms with E-state index in [1.165, 1.54) is 28.6 Å². The molecule has 0 bridgehead atoms. The molecule has 0 aliphatic heterocycles. The highest BCUT2D eigenvalue weighted by molar-refractivity contribution is 7.98. The first-order valence-electron chi connectivity index (χ1n) is 10.5. The second-order valence-corrected chi connectivity index (χ2v) is 9.97. The second kappa shape index (κ2) is 8.12. The van der Waals surface area contributed by atoms with Gasteiger partial charge in [-0.25, -0.2) is 15.0 Å². The van der Waals surface area contributed by atoms with Crippen molar-refractivity contribution in [3.8, 4) is 0 Å². The van der Waals surface area contributed by atoms with Crippen LogP contribution in [0.5, 0.6) is 0 Å². The third-order valence-electron chi connectivity index (χ3n) is 5.57. The van der Waals surface area contributed by atoms with E-state index in [4.69, 9.17) is 15.0 Å². The van der Waals surface area contributed by atoms with Gasteiger partial charge < -0.3 is 5.32 Å². The fraction of sp³-hybridized carbons (Fsp3) is 0.391. The lowest BCUT2D eigenvalue weighted by atomic mass is 9.99. The molecule has 0 unspecified atom stereocenters. The number of nitrogens with one attached hydrogen (secondary N) is 1. The summed E-state index contributed by atoms with van der Waals surface area (Å²) in [5.74, 6) is 1.50. The Morgan fingerprint density at radius 2 is 2.03 bits per heavy atom. The molecule has 154 valence electrons. The van der Waals surface area contributed by atoms with Crippen LogP contribution in [0.15, 0.2) is 29.7 Å². The summed E-state index contributed by atoms with van der Waals surface area (Å²) in [7, 11) is 0. The summed E-state index contributed by atoms with van der Waals surface area (Å²) >= 11 is 3.31. The van der Waals surface area contributed by atoms with Gasteiger partial charge in [0, 0.05) is 30.0 Å². The lowest BCUT2D eigenvalue weighted by Crippen LogP contribution is -2.04. The molecule has 5 nitrogen and oxygen atoms in total. The number of thiophene rings is 1. The summed E-state index contributed by atoms with van der Waals surface area (Å²) in [5, 5.41) is 5.59. The highest BCUT2D eigenvalue weighted by atomic mass is 32.2. The molecule has 4 aromatic rings. The topological polar surface area (TPSA) is 63.6 Å². The first-order chi connectivity index (χ1) is 14.6. The molecule has 0 aromatic carbocycles. The van der Waals surface area contributed by atoms with E-state index >= 15 is 0 Å². The monoisotopic (exact) mass is 435 g/mol. The van der Waals surface area contributed by atoms with Crippen molar-refractivity contribution in [1.82, 2.24) is 19.9 Å². The Bertz CT molecular complexity index is 1220. The Kier molecular flexibility index (Phi) is 5.33. The molecule has 0 atom stereocenters. The average Bonchev–Trinajstić information content (AvgIpc) is 3.36. The second-order valence-electron chi connectivity index (χ2n) is 8.20. The van der Waals surface area contributed by atoms with E-state index in [2.05, 4.69) is 30.2 Å². The summed E-state index contributed by atoms with van der Waals surface area (Å²) in [5.41, 5.74) is 6.44. The minimum Gasteiger partial charge on any atom is -0.365 e. The molecule has 1 aliphatic rings. The molecule has 1 N–H and O–H groups in total. The van der Waals surface area contributed by atoms with Crippen molar-refractivity contribution in [2.75, 3.05) is 11.6 Å². The van der Waals surface area contributed by atoms with Gasteiger partial charge in [0.25, 0.3) is 0 Å². The average molecular weight is 436 g/mol.